The topological polar surface area (TPSA) is 30.7 Å². The maximum Gasteiger partial charge on any atom is 0.0835 e. The molecule has 0 saturated carbocycles. The lowest BCUT2D eigenvalue weighted by molar-refractivity contribution is 0.877. The Morgan fingerprint density at radius 2 is 2.00 bits per heavy atom. The van der Waals surface area contributed by atoms with Crippen molar-refractivity contribution in [2.75, 3.05) is 0 Å². The highest BCUT2D eigenvalue weighted by Crippen LogP contribution is 2.14. The van der Waals surface area contributed by atoms with Gasteiger partial charge in [0, 0.05) is 17.8 Å². The highest BCUT2D eigenvalue weighted by atomic mass is 15.3. The Bertz CT molecular complexity index is 585. The Hall–Kier alpha value is -2.16. The first-order valence-corrected chi connectivity index (χ1v) is 4.78. The summed E-state index contributed by atoms with van der Waals surface area (Å²) in [5, 5.41) is 5.30. The smallest absolute Gasteiger partial charge is 0.0835 e. The number of rotatable bonds is 1. The Morgan fingerprint density at radius 1 is 1.07 bits per heavy atom. The summed E-state index contributed by atoms with van der Waals surface area (Å²) in [5.41, 5.74) is 1.99. The first-order valence-electron chi connectivity index (χ1n) is 4.78. The number of hydrogen-bond donors (Lipinski definition) is 0. The van der Waals surface area contributed by atoms with Gasteiger partial charge in [-0.25, -0.2) is 4.68 Å². The zero-order valence-electron chi connectivity index (χ0n) is 8.04. The summed E-state index contributed by atoms with van der Waals surface area (Å²) in [4.78, 5) is 4.38. The summed E-state index contributed by atoms with van der Waals surface area (Å²) in [6.07, 6.45) is 5.50. The van der Waals surface area contributed by atoms with Gasteiger partial charge in [-0.2, -0.15) is 5.10 Å². The largest absolute Gasteiger partial charge is 0.254 e. The molecule has 2 heterocycles. The van der Waals surface area contributed by atoms with E-state index in [4.69, 9.17) is 0 Å². The quantitative estimate of drug-likeness (QED) is 0.597. The molecule has 0 radical (unpaired) electrons. The molecule has 3 rings (SSSR count). The monoisotopic (exact) mass is 195 g/mol. The highest BCUT2D eigenvalue weighted by Gasteiger charge is 1.98. The molecule has 3 aromatic rings. The van der Waals surface area contributed by atoms with Gasteiger partial charge in [0.05, 0.1) is 17.4 Å². The van der Waals surface area contributed by atoms with Crippen LogP contribution in [-0.4, -0.2) is 14.8 Å². The molecule has 0 aliphatic carbocycles. The summed E-state index contributed by atoms with van der Waals surface area (Å²) < 4.78 is 1.80. The second kappa shape index (κ2) is 3.20. The van der Waals surface area contributed by atoms with E-state index in [-0.39, 0.29) is 0 Å². The molecule has 0 saturated heterocycles. The van der Waals surface area contributed by atoms with Gasteiger partial charge in [-0.3, -0.25) is 4.98 Å². The first kappa shape index (κ1) is 8.17. The van der Waals surface area contributed by atoms with E-state index in [2.05, 4.69) is 22.2 Å². The molecule has 72 valence electrons. The maximum absolute atomic E-state index is 4.38. The summed E-state index contributed by atoms with van der Waals surface area (Å²) in [5.74, 6) is 0. The van der Waals surface area contributed by atoms with E-state index in [1.54, 1.807) is 10.9 Å². The minimum atomic E-state index is 0.985. The molecule has 0 atom stereocenters. The van der Waals surface area contributed by atoms with Crippen LogP contribution >= 0.6 is 0 Å². The summed E-state index contributed by atoms with van der Waals surface area (Å²) in [6, 6.07) is 12.0. The third-order valence-corrected chi connectivity index (χ3v) is 2.34. The number of fused-ring (bicyclic) bond motifs is 1. The van der Waals surface area contributed by atoms with Crippen molar-refractivity contribution in [3.8, 4) is 5.69 Å². The molecule has 3 heteroatoms. The lowest BCUT2D eigenvalue weighted by atomic mass is 10.2. The van der Waals surface area contributed by atoms with Crippen molar-refractivity contribution in [3.05, 3.63) is 55.0 Å². The van der Waals surface area contributed by atoms with E-state index < -0.39 is 0 Å². The van der Waals surface area contributed by atoms with Crippen LogP contribution < -0.4 is 0 Å². The van der Waals surface area contributed by atoms with Crippen molar-refractivity contribution in [1.29, 1.82) is 0 Å². The van der Waals surface area contributed by atoms with Crippen LogP contribution in [0.15, 0.2) is 55.0 Å². The Labute approximate surface area is 87.0 Å². The number of para-hydroxylation sites is 1. The van der Waals surface area contributed by atoms with Crippen molar-refractivity contribution in [3.63, 3.8) is 0 Å². The molecule has 0 amide bonds. The van der Waals surface area contributed by atoms with E-state index in [1.165, 1.54) is 0 Å². The number of hydrogen-bond acceptors (Lipinski definition) is 2. The van der Waals surface area contributed by atoms with E-state index in [0.29, 0.717) is 0 Å². The summed E-state index contributed by atoms with van der Waals surface area (Å²) >= 11 is 0. The van der Waals surface area contributed by atoms with Gasteiger partial charge in [-0.1, -0.05) is 18.2 Å². The number of aromatic nitrogens is 3. The van der Waals surface area contributed by atoms with Crippen molar-refractivity contribution in [2.45, 2.75) is 0 Å². The van der Waals surface area contributed by atoms with E-state index in [0.717, 1.165) is 16.6 Å². The minimum absolute atomic E-state index is 0.985. The van der Waals surface area contributed by atoms with Gasteiger partial charge in [-0.15, -0.1) is 0 Å². The Balaban J connectivity index is 2.22. The van der Waals surface area contributed by atoms with Crippen LogP contribution in [0, 0.1) is 0 Å². The van der Waals surface area contributed by atoms with Crippen molar-refractivity contribution < 1.29 is 0 Å². The number of nitrogens with zero attached hydrogens (tertiary/aromatic N) is 3. The molecule has 15 heavy (non-hydrogen) atoms. The van der Waals surface area contributed by atoms with Crippen LogP contribution in [-0.2, 0) is 0 Å². The predicted molar refractivity (Wildman–Crippen MR) is 58.9 cm³/mol. The fourth-order valence-corrected chi connectivity index (χ4v) is 1.61. The van der Waals surface area contributed by atoms with Crippen LogP contribution in [0.2, 0.25) is 0 Å². The lowest BCUT2D eigenvalue weighted by Gasteiger charge is -2.02. The van der Waals surface area contributed by atoms with Gasteiger partial charge >= 0.3 is 0 Å². The van der Waals surface area contributed by atoms with Gasteiger partial charge in [0.25, 0.3) is 0 Å². The van der Waals surface area contributed by atoms with Gasteiger partial charge in [0.1, 0.15) is 0 Å². The average molecular weight is 195 g/mol. The zero-order chi connectivity index (χ0) is 10.1. The highest BCUT2D eigenvalue weighted by molar-refractivity contribution is 5.79. The average Bonchev–Trinajstić information content (AvgIpc) is 2.82. The van der Waals surface area contributed by atoms with E-state index in [9.17, 15) is 0 Å². The summed E-state index contributed by atoms with van der Waals surface area (Å²) in [6.45, 7) is 0. The van der Waals surface area contributed by atoms with Gasteiger partial charge in [0.2, 0.25) is 0 Å². The van der Waals surface area contributed by atoms with Gasteiger partial charge < -0.3 is 0 Å². The van der Waals surface area contributed by atoms with Crippen LogP contribution in [0.3, 0.4) is 0 Å². The molecule has 0 fully saturated rings. The van der Waals surface area contributed by atoms with Gasteiger partial charge in [-0.05, 0) is 18.2 Å². The predicted octanol–water partition coefficient (Wildman–Crippen LogP) is 2.42. The molecule has 1 aromatic carbocycles. The molecule has 2 aromatic heterocycles. The third-order valence-electron chi connectivity index (χ3n) is 2.34. The second-order valence-corrected chi connectivity index (χ2v) is 3.34. The molecule has 0 aliphatic heterocycles. The fraction of sp³-hybridized carbons (Fsp3) is 0. The fourth-order valence-electron chi connectivity index (χ4n) is 1.61. The standard InChI is InChI=1S/C12H9N3/c1-2-5-12-10(4-1)8-11(9-13-12)15-7-3-6-14-15/h1-9H. The van der Waals surface area contributed by atoms with Crippen molar-refractivity contribution in [1.82, 2.24) is 14.8 Å². The molecule has 0 aliphatic rings. The second-order valence-electron chi connectivity index (χ2n) is 3.34. The number of benzene rings is 1. The molecule has 3 nitrogen and oxygen atoms in total. The number of pyridine rings is 1. The molecule has 0 bridgehead atoms. The molecule has 0 spiro atoms. The van der Waals surface area contributed by atoms with E-state index in [1.807, 2.05) is 36.7 Å². The molecule has 0 unspecified atom stereocenters. The van der Waals surface area contributed by atoms with E-state index >= 15 is 0 Å². The Morgan fingerprint density at radius 3 is 2.87 bits per heavy atom. The zero-order valence-corrected chi connectivity index (χ0v) is 8.04. The minimum Gasteiger partial charge on any atom is -0.254 e. The third kappa shape index (κ3) is 1.38. The summed E-state index contributed by atoms with van der Waals surface area (Å²) in [7, 11) is 0. The maximum atomic E-state index is 4.38. The van der Waals surface area contributed by atoms with Crippen LogP contribution in [0.1, 0.15) is 0 Å². The lowest BCUT2D eigenvalue weighted by Crippen LogP contribution is -1.94. The van der Waals surface area contributed by atoms with Crippen LogP contribution in [0.5, 0.6) is 0 Å². The van der Waals surface area contributed by atoms with Crippen LogP contribution in [0.4, 0.5) is 0 Å². The van der Waals surface area contributed by atoms with Crippen molar-refractivity contribution >= 4 is 10.9 Å². The molecular weight excluding hydrogens is 186 g/mol. The van der Waals surface area contributed by atoms with Crippen LogP contribution in [0.25, 0.3) is 16.6 Å². The first-order chi connectivity index (χ1) is 7.43. The van der Waals surface area contributed by atoms with Gasteiger partial charge in [0.15, 0.2) is 0 Å². The molecule has 0 N–H and O–H groups in total. The SMILES string of the molecule is c1ccc2ncc(-n3cccn3)cc2c1. The Kier molecular flexibility index (Phi) is 1.75. The normalized spacial score (nSPS) is 10.7. The molecular formula is C12H9N3. The van der Waals surface area contributed by atoms with Crippen molar-refractivity contribution in [2.24, 2.45) is 0 Å².